The predicted octanol–water partition coefficient (Wildman–Crippen LogP) is 0.678. The van der Waals surface area contributed by atoms with E-state index in [1.54, 1.807) is 12.1 Å². The second-order valence-corrected chi connectivity index (χ2v) is 6.46. The maximum absolute atomic E-state index is 11.7. The third-order valence-corrected chi connectivity index (χ3v) is 3.39. The first kappa shape index (κ1) is 15.4. The highest BCUT2D eigenvalue weighted by Gasteiger charge is 2.06. The van der Waals surface area contributed by atoms with Crippen LogP contribution in [0.5, 0.6) is 0 Å². The van der Waals surface area contributed by atoms with Crippen LogP contribution in [0, 0.1) is 0 Å². The fourth-order valence-electron chi connectivity index (χ4n) is 1.45. The van der Waals surface area contributed by atoms with Crippen molar-refractivity contribution >= 4 is 21.6 Å². The van der Waals surface area contributed by atoms with Gasteiger partial charge in [0.1, 0.15) is 15.7 Å². The van der Waals surface area contributed by atoms with Crippen molar-refractivity contribution in [3.63, 3.8) is 0 Å². The van der Waals surface area contributed by atoms with E-state index in [4.69, 9.17) is 0 Å². The highest BCUT2D eigenvalue weighted by molar-refractivity contribution is 7.90. The summed E-state index contributed by atoms with van der Waals surface area (Å²) in [6.07, 6.45) is 3.08. The van der Waals surface area contributed by atoms with Crippen LogP contribution in [0.25, 0.3) is 0 Å². The Labute approximate surface area is 113 Å². The Morgan fingerprint density at radius 3 is 2.63 bits per heavy atom. The van der Waals surface area contributed by atoms with Gasteiger partial charge in [0.15, 0.2) is 0 Å². The predicted molar refractivity (Wildman–Crippen MR) is 75.1 cm³/mol. The second kappa shape index (κ2) is 7.08. The number of nitrogens with zero attached hydrogens (tertiary/aromatic N) is 1. The summed E-state index contributed by atoms with van der Waals surface area (Å²) in [6.45, 7) is 3.06. The molecule has 0 fully saturated rings. The minimum absolute atomic E-state index is 0.0743. The van der Waals surface area contributed by atoms with Crippen molar-refractivity contribution in [2.75, 3.05) is 30.4 Å². The Bertz CT molecular complexity index is 512. The third-order valence-electron chi connectivity index (χ3n) is 2.36. The molecule has 2 N–H and O–H groups in total. The maximum Gasteiger partial charge on any atom is 0.252 e. The molecule has 7 heteroatoms. The number of amides is 1. The molecule has 0 aliphatic carbocycles. The van der Waals surface area contributed by atoms with Crippen LogP contribution in [0.15, 0.2) is 18.3 Å². The highest BCUT2D eigenvalue weighted by atomic mass is 32.2. The Morgan fingerprint density at radius 1 is 1.37 bits per heavy atom. The SMILES string of the molecule is CCNc1ccc(C(=O)NCCCS(C)(=O)=O)cn1. The number of pyridine rings is 1. The van der Waals surface area contributed by atoms with Crippen molar-refractivity contribution in [3.8, 4) is 0 Å². The molecule has 0 atom stereocenters. The lowest BCUT2D eigenvalue weighted by Gasteiger charge is -2.06. The number of rotatable bonds is 7. The molecule has 6 nitrogen and oxygen atoms in total. The van der Waals surface area contributed by atoms with Crippen LogP contribution in [0.2, 0.25) is 0 Å². The van der Waals surface area contributed by atoms with Gasteiger partial charge in [-0.05, 0) is 25.5 Å². The zero-order chi connectivity index (χ0) is 14.3. The lowest BCUT2D eigenvalue weighted by Crippen LogP contribution is -2.26. The number of nitrogens with one attached hydrogen (secondary N) is 2. The number of aromatic nitrogens is 1. The van der Waals surface area contributed by atoms with Gasteiger partial charge in [-0.3, -0.25) is 4.79 Å². The summed E-state index contributed by atoms with van der Waals surface area (Å²) in [7, 11) is -2.97. The average molecular weight is 285 g/mol. The van der Waals surface area contributed by atoms with Crippen LogP contribution >= 0.6 is 0 Å². The van der Waals surface area contributed by atoms with Crippen molar-refractivity contribution < 1.29 is 13.2 Å². The molecule has 0 saturated heterocycles. The van der Waals surface area contributed by atoms with Crippen LogP contribution in [0.4, 0.5) is 5.82 Å². The summed E-state index contributed by atoms with van der Waals surface area (Å²) in [5, 5.41) is 5.69. The van der Waals surface area contributed by atoms with Gasteiger partial charge < -0.3 is 10.6 Å². The van der Waals surface area contributed by atoms with E-state index in [1.807, 2.05) is 6.92 Å². The average Bonchev–Trinajstić information content (AvgIpc) is 2.34. The molecule has 0 saturated carbocycles. The van der Waals surface area contributed by atoms with Crippen molar-refractivity contribution in [2.45, 2.75) is 13.3 Å². The first-order valence-electron chi connectivity index (χ1n) is 6.08. The Kier molecular flexibility index (Phi) is 5.75. The van der Waals surface area contributed by atoms with Crippen LogP contribution in [0.3, 0.4) is 0 Å². The van der Waals surface area contributed by atoms with E-state index in [2.05, 4.69) is 15.6 Å². The minimum atomic E-state index is -2.97. The summed E-state index contributed by atoms with van der Waals surface area (Å²) in [5.41, 5.74) is 0.459. The lowest BCUT2D eigenvalue weighted by molar-refractivity contribution is 0.0953. The van der Waals surface area contributed by atoms with Crippen molar-refractivity contribution in [3.05, 3.63) is 23.9 Å². The molecular weight excluding hydrogens is 266 g/mol. The van der Waals surface area contributed by atoms with E-state index < -0.39 is 9.84 Å². The lowest BCUT2D eigenvalue weighted by atomic mass is 10.2. The highest BCUT2D eigenvalue weighted by Crippen LogP contribution is 2.04. The van der Waals surface area contributed by atoms with Crippen LogP contribution in [-0.4, -0.2) is 44.4 Å². The summed E-state index contributed by atoms with van der Waals surface area (Å²) in [4.78, 5) is 15.8. The largest absolute Gasteiger partial charge is 0.370 e. The number of hydrogen-bond donors (Lipinski definition) is 2. The van der Waals surface area contributed by atoms with E-state index in [0.29, 0.717) is 18.5 Å². The van der Waals surface area contributed by atoms with Gasteiger partial charge in [0.05, 0.1) is 11.3 Å². The summed E-state index contributed by atoms with van der Waals surface area (Å²) < 4.78 is 21.8. The van der Waals surface area contributed by atoms with Gasteiger partial charge in [0.25, 0.3) is 5.91 Å². The number of carbonyl (C=O) groups is 1. The van der Waals surface area contributed by atoms with Crippen molar-refractivity contribution in [1.82, 2.24) is 10.3 Å². The molecule has 0 aliphatic heterocycles. The van der Waals surface area contributed by atoms with Gasteiger partial charge in [0.2, 0.25) is 0 Å². The molecular formula is C12H19N3O3S. The standard InChI is InChI=1S/C12H19N3O3S/c1-3-13-11-6-5-10(9-15-11)12(16)14-7-4-8-19(2,17)18/h5-6,9H,3-4,7-8H2,1-2H3,(H,13,15)(H,14,16). The molecule has 0 unspecified atom stereocenters. The summed E-state index contributed by atoms with van der Waals surface area (Å²) in [6, 6.07) is 3.41. The first-order valence-corrected chi connectivity index (χ1v) is 8.14. The Hall–Kier alpha value is -1.63. The molecule has 106 valence electrons. The quantitative estimate of drug-likeness (QED) is 0.719. The maximum atomic E-state index is 11.7. The smallest absolute Gasteiger partial charge is 0.252 e. The van der Waals surface area contributed by atoms with E-state index in [0.717, 1.165) is 12.4 Å². The van der Waals surface area contributed by atoms with Crippen LogP contribution < -0.4 is 10.6 Å². The van der Waals surface area contributed by atoms with E-state index in [9.17, 15) is 13.2 Å². The molecule has 0 spiro atoms. The van der Waals surface area contributed by atoms with Crippen LogP contribution in [-0.2, 0) is 9.84 Å². The Morgan fingerprint density at radius 2 is 2.11 bits per heavy atom. The van der Waals surface area contributed by atoms with Crippen LogP contribution in [0.1, 0.15) is 23.7 Å². The molecule has 1 aromatic rings. The van der Waals surface area contributed by atoms with Gasteiger partial charge in [-0.1, -0.05) is 0 Å². The summed E-state index contributed by atoms with van der Waals surface area (Å²) >= 11 is 0. The summed E-state index contributed by atoms with van der Waals surface area (Å²) in [5.74, 6) is 0.547. The van der Waals surface area contributed by atoms with Gasteiger partial charge in [-0.15, -0.1) is 0 Å². The molecule has 0 aliphatic rings. The van der Waals surface area contributed by atoms with Gasteiger partial charge >= 0.3 is 0 Å². The molecule has 1 aromatic heterocycles. The van der Waals surface area contributed by atoms with Crippen molar-refractivity contribution in [2.24, 2.45) is 0 Å². The normalized spacial score (nSPS) is 11.1. The number of sulfone groups is 1. The number of carbonyl (C=O) groups excluding carboxylic acids is 1. The zero-order valence-corrected chi connectivity index (χ0v) is 12.0. The van der Waals surface area contributed by atoms with Gasteiger partial charge in [-0.2, -0.15) is 0 Å². The molecule has 0 bridgehead atoms. The minimum Gasteiger partial charge on any atom is -0.370 e. The van der Waals surface area contributed by atoms with E-state index in [1.165, 1.54) is 12.5 Å². The molecule has 1 rings (SSSR count). The Balaban J connectivity index is 2.41. The third kappa shape index (κ3) is 6.19. The topological polar surface area (TPSA) is 88.2 Å². The van der Waals surface area contributed by atoms with E-state index in [-0.39, 0.29) is 11.7 Å². The van der Waals surface area contributed by atoms with Gasteiger partial charge in [-0.25, -0.2) is 13.4 Å². The van der Waals surface area contributed by atoms with Gasteiger partial charge in [0, 0.05) is 25.5 Å². The molecule has 1 heterocycles. The number of hydrogen-bond acceptors (Lipinski definition) is 5. The fourth-order valence-corrected chi connectivity index (χ4v) is 2.12. The number of anilines is 1. The molecule has 0 radical (unpaired) electrons. The fraction of sp³-hybridized carbons (Fsp3) is 0.500. The monoisotopic (exact) mass is 285 g/mol. The zero-order valence-electron chi connectivity index (χ0n) is 11.1. The first-order chi connectivity index (χ1) is 8.92. The second-order valence-electron chi connectivity index (χ2n) is 4.20. The molecule has 0 aromatic carbocycles. The van der Waals surface area contributed by atoms with Crippen molar-refractivity contribution in [1.29, 1.82) is 0 Å². The van der Waals surface area contributed by atoms with E-state index >= 15 is 0 Å². The molecule has 19 heavy (non-hydrogen) atoms. The molecule has 1 amide bonds.